The van der Waals surface area contributed by atoms with Gasteiger partial charge in [-0.05, 0) is 49.4 Å². The minimum atomic E-state index is 0.459. The topological polar surface area (TPSA) is 24.9 Å². The second-order valence-electron chi connectivity index (χ2n) is 11.2. The Morgan fingerprint density at radius 1 is 0.537 bits per heavy atom. The largest absolute Gasteiger partial charge is 0.471 e. The number of unbranched alkanes of at least 4 members (excludes halogenated alkanes) is 14. The van der Waals surface area contributed by atoms with Crippen molar-refractivity contribution in [3.63, 3.8) is 0 Å². The molecule has 0 saturated carbocycles. The zero-order valence-electron chi connectivity index (χ0n) is 25.6. The molecule has 0 spiro atoms. The number of benzene rings is 2. The van der Waals surface area contributed by atoms with E-state index in [1.807, 2.05) is 0 Å². The lowest BCUT2D eigenvalue weighted by molar-refractivity contribution is 0.288. The Morgan fingerprint density at radius 2 is 0.878 bits per heavy atom. The molecule has 1 heterocycles. The molecule has 0 amide bonds. The van der Waals surface area contributed by atoms with Gasteiger partial charge in [-0.15, -0.1) is 0 Å². The number of hydrogen-bond acceptors (Lipinski definition) is 4. The third kappa shape index (κ3) is 11.2. The molecule has 0 bridgehead atoms. The maximum Gasteiger partial charge on any atom is 0.265 e. The van der Waals surface area contributed by atoms with Gasteiger partial charge in [-0.2, -0.15) is 0 Å². The molecule has 6 heteroatoms. The van der Waals surface area contributed by atoms with E-state index in [0.717, 1.165) is 35.3 Å². The first-order valence-corrected chi connectivity index (χ1v) is 17.1. The van der Waals surface area contributed by atoms with E-state index >= 15 is 0 Å². The lowest BCUT2D eigenvalue weighted by atomic mass is 10.0. The highest BCUT2D eigenvalue weighted by Gasteiger charge is 2.29. The van der Waals surface area contributed by atoms with Crippen molar-refractivity contribution < 1.29 is 9.47 Å². The summed E-state index contributed by atoms with van der Waals surface area (Å²) in [6.45, 7) is 6.26. The summed E-state index contributed by atoms with van der Waals surface area (Å²) < 4.78 is 12.3. The number of nitrogens with zero attached hydrogens (tertiary/aromatic N) is 2. The number of hydrogen-bond donors (Lipinski definition) is 0. The molecule has 226 valence electrons. The molecule has 2 aromatic rings. The second kappa shape index (κ2) is 19.9. The van der Waals surface area contributed by atoms with Crippen molar-refractivity contribution in [2.45, 2.75) is 117 Å². The molecule has 0 fully saturated rings. The molecule has 1 aliphatic rings. The Labute approximate surface area is 260 Å². The van der Waals surface area contributed by atoms with E-state index in [1.54, 1.807) is 0 Å². The zero-order chi connectivity index (χ0) is 29.1. The summed E-state index contributed by atoms with van der Waals surface area (Å²) in [5, 5.41) is 0.980. The summed E-state index contributed by atoms with van der Waals surface area (Å²) in [6.07, 6.45) is 20.2. The normalized spacial score (nSPS) is 12.4. The van der Waals surface area contributed by atoms with E-state index in [-0.39, 0.29) is 0 Å². The van der Waals surface area contributed by atoms with Crippen molar-refractivity contribution in [1.29, 1.82) is 0 Å². The number of thiocarbonyl (C=S) groups is 2. The molecule has 2 aromatic carbocycles. The van der Waals surface area contributed by atoms with Crippen LogP contribution in [0.4, 0.5) is 11.4 Å². The lowest BCUT2D eigenvalue weighted by Gasteiger charge is -2.31. The summed E-state index contributed by atoms with van der Waals surface area (Å²) in [5.41, 5.74) is 4.31. The first-order valence-electron chi connectivity index (χ1n) is 16.2. The van der Waals surface area contributed by atoms with Crippen LogP contribution in [0.15, 0.2) is 48.5 Å². The van der Waals surface area contributed by atoms with E-state index in [1.165, 1.54) is 89.9 Å². The molecule has 0 atom stereocenters. The number of anilines is 2. The quantitative estimate of drug-likeness (QED) is 0.125. The van der Waals surface area contributed by atoms with Crippen LogP contribution < -0.4 is 9.80 Å². The first-order chi connectivity index (χ1) is 20.2. The smallest absolute Gasteiger partial charge is 0.265 e. The fourth-order valence-corrected chi connectivity index (χ4v) is 5.91. The number of fused-ring (bicyclic) bond motifs is 3. The van der Waals surface area contributed by atoms with E-state index in [9.17, 15) is 0 Å². The van der Waals surface area contributed by atoms with Crippen LogP contribution in [0, 0.1) is 0 Å². The fourth-order valence-electron chi connectivity index (χ4n) is 5.43. The lowest BCUT2D eigenvalue weighted by Crippen LogP contribution is -2.44. The minimum absolute atomic E-state index is 0.459. The van der Waals surface area contributed by atoms with Crippen molar-refractivity contribution in [2.24, 2.45) is 0 Å². The van der Waals surface area contributed by atoms with E-state index in [2.05, 4.69) is 72.2 Å². The maximum absolute atomic E-state index is 6.17. The van der Waals surface area contributed by atoms with Gasteiger partial charge in [0.15, 0.2) is 0 Å². The van der Waals surface area contributed by atoms with Crippen LogP contribution in [0.2, 0.25) is 0 Å². The van der Waals surface area contributed by atoms with Gasteiger partial charge in [0.2, 0.25) is 0 Å². The van der Waals surface area contributed by atoms with E-state index < -0.39 is 0 Å². The van der Waals surface area contributed by atoms with Gasteiger partial charge in [0.05, 0.1) is 24.6 Å². The van der Waals surface area contributed by atoms with E-state index in [0.29, 0.717) is 30.2 Å². The summed E-state index contributed by atoms with van der Waals surface area (Å²) in [5.74, 6) is 0. The van der Waals surface area contributed by atoms with Gasteiger partial charge in [0, 0.05) is 11.1 Å². The molecular formula is C35H52N2O2S2. The van der Waals surface area contributed by atoms with Crippen molar-refractivity contribution >= 4 is 46.2 Å². The second-order valence-corrected chi connectivity index (χ2v) is 11.9. The molecular weight excluding hydrogens is 545 g/mol. The third-order valence-electron chi connectivity index (χ3n) is 7.85. The maximum atomic E-state index is 6.17. The molecule has 0 aliphatic carbocycles. The molecule has 0 aromatic heterocycles. The molecule has 4 nitrogen and oxygen atoms in total. The van der Waals surface area contributed by atoms with Crippen LogP contribution in [0.3, 0.4) is 0 Å². The van der Waals surface area contributed by atoms with E-state index in [4.69, 9.17) is 33.9 Å². The van der Waals surface area contributed by atoms with Crippen LogP contribution in [0.1, 0.15) is 117 Å². The molecule has 3 rings (SSSR count). The zero-order valence-corrected chi connectivity index (χ0v) is 27.2. The van der Waals surface area contributed by atoms with Gasteiger partial charge >= 0.3 is 0 Å². The van der Waals surface area contributed by atoms with Crippen molar-refractivity contribution in [1.82, 2.24) is 0 Å². The average Bonchev–Trinajstić information content (AvgIpc) is 3.14. The standard InChI is InChI=1S/C35H52N2O2S2/c1-3-5-7-9-11-13-15-21-27-38-34(40)36-29-37(35(41)39-28-22-16-14-12-10-8-6-4-2)33-26-20-18-24-31(33)30-23-17-19-25-32(30)36/h17-20,23-26H,3-16,21-22,27-29H2,1-2H3. The Morgan fingerprint density at radius 3 is 1.27 bits per heavy atom. The van der Waals surface area contributed by atoms with Crippen LogP contribution >= 0.6 is 24.4 Å². The Balaban J connectivity index is 1.58. The highest BCUT2D eigenvalue weighted by atomic mass is 32.1. The van der Waals surface area contributed by atoms with Crippen LogP contribution in [-0.2, 0) is 9.47 Å². The van der Waals surface area contributed by atoms with Crippen LogP contribution in [0.25, 0.3) is 11.1 Å². The van der Waals surface area contributed by atoms with Gasteiger partial charge in [0.25, 0.3) is 10.3 Å². The number of para-hydroxylation sites is 2. The summed E-state index contributed by atoms with van der Waals surface area (Å²) >= 11 is 11.8. The van der Waals surface area contributed by atoms with Crippen LogP contribution in [0.5, 0.6) is 0 Å². The SMILES string of the molecule is CCCCCCCCCCOC(=S)N1CN(C(=S)OCCCCCCCCCC)c2ccccc2-c2ccccc21. The van der Waals surface area contributed by atoms with Gasteiger partial charge < -0.3 is 9.47 Å². The minimum Gasteiger partial charge on any atom is -0.471 e. The van der Waals surface area contributed by atoms with Crippen LogP contribution in [-0.4, -0.2) is 30.2 Å². The Bertz CT molecular complexity index is 963. The Hall–Kier alpha value is -2.18. The van der Waals surface area contributed by atoms with Crippen molar-refractivity contribution in [3.8, 4) is 11.1 Å². The summed E-state index contributed by atoms with van der Waals surface area (Å²) in [6, 6.07) is 16.8. The molecule has 0 N–H and O–H groups in total. The molecule has 0 radical (unpaired) electrons. The van der Waals surface area contributed by atoms with Crippen molar-refractivity contribution in [2.75, 3.05) is 29.7 Å². The molecule has 0 saturated heterocycles. The average molecular weight is 597 g/mol. The first kappa shape index (κ1) is 33.3. The monoisotopic (exact) mass is 596 g/mol. The van der Waals surface area contributed by atoms with Gasteiger partial charge in [-0.3, -0.25) is 9.80 Å². The number of rotatable bonds is 18. The third-order valence-corrected chi connectivity index (χ3v) is 8.53. The summed E-state index contributed by atoms with van der Waals surface area (Å²) in [4.78, 5) is 4.14. The predicted octanol–water partition coefficient (Wildman–Crippen LogP) is 10.8. The van der Waals surface area contributed by atoms with Crippen molar-refractivity contribution in [3.05, 3.63) is 48.5 Å². The molecule has 41 heavy (non-hydrogen) atoms. The van der Waals surface area contributed by atoms with Gasteiger partial charge in [-0.1, -0.05) is 140 Å². The van der Waals surface area contributed by atoms with Gasteiger partial charge in [0.1, 0.15) is 6.67 Å². The Kier molecular flexibility index (Phi) is 16.1. The molecule has 1 aliphatic heterocycles. The molecule has 0 unspecified atom stereocenters. The predicted molar refractivity (Wildman–Crippen MR) is 184 cm³/mol. The summed E-state index contributed by atoms with van der Waals surface area (Å²) in [7, 11) is 0. The number of ether oxygens (including phenoxy) is 2. The highest BCUT2D eigenvalue weighted by Crippen LogP contribution is 2.41. The van der Waals surface area contributed by atoms with Gasteiger partial charge in [-0.25, -0.2) is 0 Å². The fraction of sp³-hybridized carbons (Fsp3) is 0.600. The highest BCUT2D eigenvalue weighted by molar-refractivity contribution is 7.80.